The molecule has 66 valence electrons. The monoisotopic (exact) mass is 172 g/mol. The van der Waals surface area contributed by atoms with Crippen molar-refractivity contribution in [2.75, 3.05) is 13.1 Å². The number of hydrogen-bond donors (Lipinski definition) is 2. The van der Waals surface area contributed by atoms with Crippen LogP contribution < -0.4 is 10.6 Å². The normalized spacial score (nSPS) is 11.9. The van der Waals surface area contributed by atoms with Gasteiger partial charge in [-0.2, -0.15) is 0 Å². The van der Waals surface area contributed by atoms with Crippen LogP contribution in [0.2, 0.25) is 0 Å². The van der Waals surface area contributed by atoms with Gasteiger partial charge in [0.2, 0.25) is 0 Å². The summed E-state index contributed by atoms with van der Waals surface area (Å²) < 4.78 is 0. The van der Waals surface area contributed by atoms with Gasteiger partial charge in [-0.1, -0.05) is 19.0 Å². The molecular weight excluding hydrogens is 152 g/mol. The van der Waals surface area contributed by atoms with Crippen molar-refractivity contribution in [1.82, 2.24) is 10.6 Å². The fraction of sp³-hybridized carbons (Fsp3) is 0.750. The van der Waals surface area contributed by atoms with Gasteiger partial charge in [0.1, 0.15) is 0 Å². The fourth-order valence-electron chi connectivity index (χ4n) is 1.07. The van der Waals surface area contributed by atoms with E-state index in [-0.39, 0.29) is 5.66 Å². The van der Waals surface area contributed by atoms with E-state index in [0.717, 1.165) is 23.3 Å². The van der Waals surface area contributed by atoms with Crippen molar-refractivity contribution >= 4 is 10.2 Å². The molecular formula is C8H20N2Si. The smallest absolute Gasteiger partial charge is 0.0831 e. The molecule has 0 aliphatic carbocycles. The fourth-order valence-corrected chi connectivity index (χ4v) is 1.42. The van der Waals surface area contributed by atoms with E-state index in [1.165, 1.54) is 5.20 Å². The van der Waals surface area contributed by atoms with Gasteiger partial charge < -0.3 is 0 Å². The molecule has 0 fully saturated rings. The van der Waals surface area contributed by atoms with E-state index in [0.29, 0.717) is 0 Å². The SMILES string of the molecule is C=C([SiH3])C(C)(NCC)NCC. The van der Waals surface area contributed by atoms with E-state index < -0.39 is 0 Å². The van der Waals surface area contributed by atoms with E-state index in [1.54, 1.807) is 0 Å². The first-order valence-corrected chi connectivity index (χ1v) is 5.22. The summed E-state index contributed by atoms with van der Waals surface area (Å²) in [6.07, 6.45) is 0. The van der Waals surface area contributed by atoms with Gasteiger partial charge in [0.05, 0.1) is 5.66 Å². The molecule has 3 heteroatoms. The third-order valence-electron chi connectivity index (χ3n) is 1.91. The van der Waals surface area contributed by atoms with Crippen molar-refractivity contribution in [1.29, 1.82) is 0 Å². The Labute approximate surface area is 72.9 Å². The average molecular weight is 172 g/mol. The molecule has 0 aromatic carbocycles. The first kappa shape index (κ1) is 10.9. The molecule has 0 atom stereocenters. The number of likely N-dealkylation sites (N-methyl/N-ethyl adjacent to an activating group) is 2. The maximum absolute atomic E-state index is 4.00. The highest BCUT2D eigenvalue weighted by Gasteiger charge is 2.20. The molecule has 2 N–H and O–H groups in total. The van der Waals surface area contributed by atoms with Gasteiger partial charge in [0.25, 0.3) is 0 Å². The van der Waals surface area contributed by atoms with Crippen LogP contribution in [0.1, 0.15) is 20.8 Å². The maximum Gasteiger partial charge on any atom is 0.0831 e. The van der Waals surface area contributed by atoms with Crippen LogP contribution in [0.15, 0.2) is 11.8 Å². The van der Waals surface area contributed by atoms with E-state index in [9.17, 15) is 0 Å². The van der Waals surface area contributed by atoms with E-state index in [2.05, 4.69) is 38.0 Å². The molecule has 0 aliphatic heterocycles. The second-order valence-corrected chi connectivity index (χ2v) is 4.17. The molecule has 0 rings (SSSR count). The van der Waals surface area contributed by atoms with Crippen molar-refractivity contribution < 1.29 is 0 Å². The van der Waals surface area contributed by atoms with Crippen LogP contribution in [0.5, 0.6) is 0 Å². The lowest BCUT2D eigenvalue weighted by Crippen LogP contribution is -2.55. The second kappa shape index (κ2) is 4.69. The molecule has 0 aliphatic rings. The summed E-state index contributed by atoms with van der Waals surface area (Å²) in [5, 5.41) is 8.03. The lowest BCUT2D eigenvalue weighted by molar-refractivity contribution is 0.362. The van der Waals surface area contributed by atoms with Gasteiger partial charge in [0, 0.05) is 10.2 Å². The zero-order chi connectivity index (χ0) is 8.91. The van der Waals surface area contributed by atoms with E-state index in [4.69, 9.17) is 0 Å². The minimum atomic E-state index is -0.0320. The molecule has 0 aromatic rings. The van der Waals surface area contributed by atoms with Gasteiger partial charge in [-0.25, -0.2) is 0 Å². The van der Waals surface area contributed by atoms with Crippen LogP contribution in [0.4, 0.5) is 0 Å². The summed E-state index contributed by atoms with van der Waals surface area (Å²) >= 11 is 0. The third-order valence-corrected chi connectivity index (χ3v) is 2.91. The predicted molar refractivity (Wildman–Crippen MR) is 54.8 cm³/mol. The van der Waals surface area contributed by atoms with Crippen molar-refractivity contribution in [3.05, 3.63) is 11.8 Å². The predicted octanol–water partition coefficient (Wildman–Crippen LogP) is -0.199. The van der Waals surface area contributed by atoms with Gasteiger partial charge in [-0.15, -0.1) is 6.58 Å². The summed E-state index contributed by atoms with van der Waals surface area (Å²) in [6, 6.07) is 0. The topological polar surface area (TPSA) is 24.1 Å². The molecule has 0 spiro atoms. The molecule has 0 radical (unpaired) electrons. The van der Waals surface area contributed by atoms with E-state index >= 15 is 0 Å². The highest BCUT2D eigenvalue weighted by molar-refractivity contribution is 6.22. The van der Waals surface area contributed by atoms with Gasteiger partial charge in [-0.05, 0) is 20.0 Å². The van der Waals surface area contributed by atoms with Crippen molar-refractivity contribution in [2.45, 2.75) is 26.4 Å². The van der Waals surface area contributed by atoms with Crippen LogP contribution in [0.25, 0.3) is 0 Å². The Balaban J connectivity index is 4.13. The minimum absolute atomic E-state index is 0.0320. The summed E-state index contributed by atoms with van der Waals surface area (Å²) in [5.41, 5.74) is -0.0320. The minimum Gasteiger partial charge on any atom is -0.297 e. The Bertz CT molecular complexity index is 128. The Morgan fingerprint density at radius 2 is 1.73 bits per heavy atom. The quantitative estimate of drug-likeness (QED) is 0.443. The van der Waals surface area contributed by atoms with Crippen LogP contribution in [0, 0.1) is 0 Å². The molecule has 2 nitrogen and oxygen atoms in total. The lowest BCUT2D eigenvalue weighted by Gasteiger charge is -2.32. The summed E-state index contributed by atoms with van der Waals surface area (Å²) in [4.78, 5) is 0. The van der Waals surface area contributed by atoms with Crippen molar-refractivity contribution in [3.8, 4) is 0 Å². The number of rotatable bonds is 5. The molecule has 0 unspecified atom stereocenters. The maximum atomic E-state index is 4.00. The lowest BCUT2D eigenvalue weighted by atomic mass is 10.2. The largest absolute Gasteiger partial charge is 0.297 e. The van der Waals surface area contributed by atoms with Gasteiger partial charge >= 0.3 is 0 Å². The highest BCUT2D eigenvalue weighted by atomic mass is 28.1. The summed E-state index contributed by atoms with van der Waals surface area (Å²) in [5.74, 6) is 0. The van der Waals surface area contributed by atoms with Crippen LogP contribution in [-0.2, 0) is 0 Å². The average Bonchev–Trinajstić information content (AvgIpc) is 1.88. The Morgan fingerprint density at radius 3 is 1.91 bits per heavy atom. The van der Waals surface area contributed by atoms with Crippen molar-refractivity contribution in [2.24, 2.45) is 0 Å². The molecule has 0 heterocycles. The first-order chi connectivity index (χ1) is 5.06. The Hall–Kier alpha value is -0.123. The molecule has 0 bridgehead atoms. The highest BCUT2D eigenvalue weighted by Crippen LogP contribution is 2.06. The molecule has 11 heavy (non-hydrogen) atoms. The standard InChI is InChI=1S/C8H20N2Si/c1-5-9-8(4,7(3)11)10-6-2/h9-10H,3,5-6H2,1-2,4,11H3. The Kier molecular flexibility index (Phi) is 4.64. The second-order valence-electron chi connectivity index (χ2n) is 2.97. The number of nitrogens with one attached hydrogen (secondary N) is 2. The van der Waals surface area contributed by atoms with E-state index in [1.807, 2.05) is 0 Å². The molecule has 0 amide bonds. The molecule has 0 aromatic heterocycles. The van der Waals surface area contributed by atoms with Gasteiger partial charge in [0.15, 0.2) is 0 Å². The Morgan fingerprint density at radius 1 is 1.36 bits per heavy atom. The zero-order valence-corrected chi connectivity index (χ0v) is 10.1. The van der Waals surface area contributed by atoms with Crippen LogP contribution >= 0.6 is 0 Å². The van der Waals surface area contributed by atoms with Crippen molar-refractivity contribution in [3.63, 3.8) is 0 Å². The van der Waals surface area contributed by atoms with Crippen LogP contribution in [-0.4, -0.2) is 29.0 Å². The van der Waals surface area contributed by atoms with Crippen LogP contribution in [0.3, 0.4) is 0 Å². The molecule has 0 saturated heterocycles. The number of hydrogen-bond acceptors (Lipinski definition) is 2. The van der Waals surface area contributed by atoms with Gasteiger partial charge in [-0.3, -0.25) is 10.6 Å². The molecule has 0 saturated carbocycles. The zero-order valence-electron chi connectivity index (χ0n) is 8.12. The third kappa shape index (κ3) is 3.18. The summed E-state index contributed by atoms with van der Waals surface area (Å²) in [7, 11) is 1.04. The first-order valence-electron chi connectivity index (χ1n) is 4.22. The summed E-state index contributed by atoms with van der Waals surface area (Å²) in [6.45, 7) is 12.3.